The van der Waals surface area contributed by atoms with Crippen molar-refractivity contribution in [3.8, 4) is 11.5 Å². The van der Waals surface area contributed by atoms with Gasteiger partial charge in [0.2, 0.25) is 0 Å². The summed E-state index contributed by atoms with van der Waals surface area (Å²) in [6.07, 6.45) is 0.516. The van der Waals surface area contributed by atoms with E-state index in [1.807, 2.05) is 24.3 Å². The monoisotopic (exact) mass is 272 g/mol. The molecule has 104 valence electrons. The van der Waals surface area contributed by atoms with Crippen LogP contribution >= 0.6 is 0 Å². The third-order valence-electron chi connectivity index (χ3n) is 3.01. The summed E-state index contributed by atoms with van der Waals surface area (Å²) in [4.78, 5) is 11.0. The first kappa shape index (κ1) is 14.1. The van der Waals surface area contributed by atoms with E-state index < -0.39 is 5.97 Å². The van der Waals surface area contributed by atoms with Crippen LogP contribution in [0.3, 0.4) is 0 Å². The molecule has 0 saturated heterocycles. The van der Waals surface area contributed by atoms with Crippen molar-refractivity contribution in [1.29, 1.82) is 0 Å². The highest BCUT2D eigenvalue weighted by molar-refractivity contribution is 5.89. The number of ether oxygens (including phenoxy) is 1. The molecule has 0 spiro atoms. The quantitative estimate of drug-likeness (QED) is 0.878. The van der Waals surface area contributed by atoms with Crippen molar-refractivity contribution < 1.29 is 19.7 Å². The minimum absolute atomic E-state index is 0.0529. The highest BCUT2D eigenvalue weighted by Gasteiger charge is 2.09. The number of aromatic carboxylic acids is 1. The van der Waals surface area contributed by atoms with E-state index in [2.05, 4.69) is 0 Å². The molecule has 4 nitrogen and oxygen atoms in total. The minimum atomic E-state index is -0.949. The molecule has 2 aromatic carbocycles. The molecule has 0 heterocycles. The number of hydrogen-bond acceptors (Lipinski definition) is 3. The molecule has 0 bridgehead atoms. The van der Waals surface area contributed by atoms with Crippen LogP contribution in [0, 0.1) is 6.92 Å². The Morgan fingerprint density at radius 2 is 1.95 bits per heavy atom. The van der Waals surface area contributed by atoms with E-state index >= 15 is 0 Å². The van der Waals surface area contributed by atoms with E-state index in [-0.39, 0.29) is 12.2 Å². The van der Waals surface area contributed by atoms with Gasteiger partial charge < -0.3 is 14.9 Å². The summed E-state index contributed by atoms with van der Waals surface area (Å²) in [5, 5.41) is 18.0. The molecule has 0 amide bonds. The summed E-state index contributed by atoms with van der Waals surface area (Å²) in [5.74, 6) is 0.302. The van der Waals surface area contributed by atoms with E-state index in [9.17, 15) is 4.79 Å². The van der Waals surface area contributed by atoms with Gasteiger partial charge in [-0.25, -0.2) is 4.79 Å². The molecule has 2 aromatic rings. The Labute approximate surface area is 117 Å². The van der Waals surface area contributed by atoms with Crippen molar-refractivity contribution in [3.63, 3.8) is 0 Å². The lowest BCUT2D eigenvalue weighted by molar-refractivity contribution is 0.0696. The summed E-state index contributed by atoms with van der Waals surface area (Å²) in [6, 6.07) is 12.3. The van der Waals surface area contributed by atoms with Crippen LogP contribution in [0.4, 0.5) is 0 Å². The van der Waals surface area contributed by atoms with Crippen LogP contribution in [0.15, 0.2) is 42.5 Å². The first-order valence-corrected chi connectivity index (χ1v) is 6.32. The molecule has 0 saturated carbocycles. The van der Waals surface area contributed by atoms with Gasteiger partial charge in [0.1, 0.15) is 11.5 Å². The topological polar surface area (TPSA) is 66.8 Å². The van der Waals surface area contributed by atoms with E-state index in [0.29, 0.717) is 23.5 Å². The molecule has 0 atom stereocenters. The number of aliphatic hydroxyl groups excluding tert-OH is 1. The first-order chi connectivity index (χ1) is 9.61. The fraction of sp³-hybridized carbons (Fsp3) is 0.188. The smallest absolute Gasteiger partial charge is 0.335 e. The Hall–Kier alpha value is -2.33. The van der Waals surface area contributed by atoms with Crippen LogP contribution in [-0.4, -0.2) is 22.8 Å². The second-order valence-corrected chi connectivity index (χ2v) is 4.47. The molecule has 20 heavy (non-hydrogen) atoms. The number of hydrogen-bond donors (Lipinski definition) is 2. The van der Waals surface area contributed by atoms with Crippen LogP contribution in [0.5, 0.6) is 11.5 Å². The van der Waals surface area contributed by atoms with E-state index in [4.69, 9.17) is 14.9 Å². The Morgan fingerprint density at radius 1 is 1.20 bits per heavy atom. The molecule has 0 aliphatic carbocycles. The first-order valence-electron chi connectivity index (χ1n) is 6.32. The minimum Gasteiger partial charge on any atom is -0.478 e. The number of benzene rings is 2. The van der Waals surface area contributed by atoms with E-state index in [1.165, 1.54) is 6.07 Å². The molecule has 0 unspecified atom stereocenters. The van der Waals surface area contributed by atoms with E-state index in [0.717, 1.165) is 5.56 Å². The van der Waals surface area contributed by atoms with Crippen LogP contribution in [0.2, 0.25) is 0 Å². The maximum atomic E-state index is 11.0. The van der Waals surface area contributed by atoms with Gasteiger partial charge in [0.05, 0.1) is 5.56 Å². The summed E-state index contributed by atoms with van der Waals surface area (Å²) in [6.45, 7) is 1.79. The van der Waals surface area contributed by atoms with Gasteiger partial charge in [-0.1, -0.05) is 18.2 Å². The Kier molecular flexibility index (Phi) is 4.38. The number of para-hydroxylation sites is 1. The van der Waals surface area contributed by atoms with Gasteiger partial charge in [-0.2, -0.15) is 0 Å². The Bertz CT molecular complexity index is 620. The Balaban J connectivity index is 2.26. The van der Waals surface area contributed by atoms with Crippen molar-refractivity contribution in [2.75, 3.05) is 6.61 Å². The van der Waals surface area contributed by atoms with Crippen molar-refractivity contribution in [2.24, 2.45) is 0 Å². The van der Waals surface area contributed by atoms with Crippen molar-refractivity contribution in [1.82, 2.24) is 0 Å². The largest absolute Gasteiger partial charge is 0.478 e. The number of aliphatic hydroxyl groups is 1. The molecule has 0 radical (unpaired) electrons. The SMILES string of the molecule is Cc1cc(Oc2ccccc2CCO)ccc1C(=O)O. The maximum absolute atomic E-state index is 11.0. The molecule has 0 aromatic heterocycles. The molecule has 4 heteroatoms. The summed E-state index contributed by atoms with van der Waals surface area (Å²) in [7, 11) is 0. The summed E-state index contributed by atoms with van der Waals surface area (Å²) < 4.78 is 5.77. The fourth-order valence-electron chi connectivity index (χ4n) is 2.00. The molecular formula is C16H16O4. The van der Waals surface area contributed by atoms with Gasteiger partial charge in [-0.05, 0) is 48.7 Å². The van der Waals surface area contributed by atoms with Gasteiger partial charge in [0.15, 0.2) is 0 Å². The molecule has 0 aliphatic heterocycles. The average Bonchev–Trinajstić information content (AvgIpc) is 2.41. The van der Waals surface area contributed by atoms with Gasteiger partial charge in [0.25, 0.3) is 0 Å². The normalized spacial score (nSPS) is 10.3. The lowest BCUT2D eigenvalue weighted by atomic mass is 10.1. The third-order valence-corrected chi connectivity index (χ3v) is 3.01. The van der Waals surface area contributed by atoms with E-state index in [1.54, 1.807) is 19.1 Å². The second kappa shape index (κ2) is 6.21. The zero-order chi connectivity index (χ0) is 14.5. The molecule has 0 fully saturated rings. The predicted molar refractivity (Wildman–Crippen MR) is 75.4 cm³/mol. The molecule has 2 N–H and O–H groups in total. The van der Waals surface area contributed by atoms with Crippen LogP contribution < -0.4 is 4.74 Å². The maximum Gasteiger partial charge on any atom is 0.335 e. The fourth-order valence-corrected chi connectivity index (χ4v) is 2.00. The lowest BCUT2D eigenvalue weighted by Crippen LogP contribution is -2.00. The van der Waals surface area contributed by atoms with Gasteiger partial charge >= 0.3 is 5.97 Å². The van der Waals surface area contributed by atoms with Crippen molar-refractivity contribution in [3.05, 3.63) is 59.2 Å². The summed E-state index contributed by atoms with van der Waals surface area (Å²) in [5.41, 5.74) is 1.82. The second-order valence-electron chi connectivity index (χ2n) is 4.47. The number of carboxylic acid groups (broad SMARTS) is 1. The molecular weight excluding hydrogens is 256 g/mol. The van der Waals surface area contributed by atoms with Crippen LogP contribution in [0.25, 0.3) is 0 Å². The number of carboxylic acids is 1. The van der Waals surface area contributed by atoms with Crippen LogP contribution in [-0.2, 0) is 6.42 Å². The summed E-state index contributed by atoms with van der Waals surface area (Å²) >= 11 is 0. The number of rotatable bonds is 5. The third kappa shape index (κ3) is 3.16. The zero-order valence-corrected chi connectivity index (χ0v) is 11.2. The van der Waals surface area contributed by atoms with Crippen molar-refractivity contribution >= 4 is 5.97 Å². The predicted octanol–water partition coefficient (Wildman–Crippen LogP) is 3.02. The Morgan fingerprint density at radius 3 is 2.60 bits per heavy atom. The highest BCUT2D eigenvalue weighted by atomic mass is 16.5. The van der Waals surface area contributed by atoms with Crippen LogP contribution in [0.1, 0.15) is 21.5 Å². The molecule has 0 aliphatic rings. The average molecular weight is 272 g/mol. The van der Waals surface area contributed by atoms with Gasteiger partial charge in [-0.3, -0.25) is 0 Å². The lowest BCUT2D eigenvalue weighted by Gasteiger charge is -2.11. The van der Waals surface area contributed by atoms with Crippen molar-refractivity contribution in [2.45, 2.75) is 13.3 Å². The number of carbonyl (C=O) groups is 1. The number of aryl methyl sites for hydroxylation is 1. The van der Waals surface area contributed by atoms with Gasteiger partial charge in [0, 0.05) is 6.61 Å². The molecule has 2 rings (SSSR count). The standard InChI is InChI=1S/C16H16O4/c1-11-10-13(6-7-14(11)16(18)19)20-15-5-3-2-4-12(15)8-9-17/h2-7,10,17H,8-9H2,1H3,(H,18,19). The highest BCUT2D eigenvalue weighted by Crippen LogP contribution is 2.27. The van der Waals surface area contributed by atoms with Gasteiger partial charge in [-0.15, -0.1) is 0 Å². The zero-order valence-electron chi connectivity index (χ0n) is 11.2.